The van der Waals surface area contributed by atoms with Crippen LogP contribution in [0.4, 0.5) is 0 Å². The third kappa shape index (κ3) is 6.73. The molecular formula is C12H21NO4. The molecule has 0 spiro atoms. The fourth-order valence-electron chi connectivity index (χ4n) is 1.24. The van der Waals surface area contributed by atoms with Crippen molar-refractivity contribution < 1.29 is 19.4 Å². The smallest absolute Gasteiger partial charge is 0.308 e. The maximum absolute atomic E-state index is 11.8. The molecule has 0 bridgehead atoms. The highest BCUT2D eigenvalue weighted by Crippen LogP contribution is 2.03. The molecular weight excluding hydrogens is 222 g/mol. The van der Waals surface area contributed by atoms with Gasteiger partial charge >= 0.3 is 5.97 Å². The minimum atomic E-state index is -0.905. The van der Waals surface area contributed by atoms with Crippen molar-refractivity contribution in [3.8, 4) is 0 Å². The van der Waals surface area contributed by atoms with Crippen molar-refractivity contribution in [2.24, 2.45) is 5.92 Å². The van der Waals surface area contributed by atoms with E-state index >= 15 is 0 Å². The van der Waals surface area contributed by atoms with Gasteiger partial charge in [0.05, 0.1) is 12.5 Å². The summed E-state index contributed by atoms with van der Waals surface area (Å²) < 4.78 is 4.91. The van der Waals surface area contributed by atoms with E-state index in [1.165, 1.54) is 11.0 Å². The molecule has 0 aliphatic carbocycles. The van der Waals surface area contributed by atoms with Crippen LogP contribution in [0.1, 0.15) is 20.8 Å². The van der Waals surface area contributed by atoms with Crippen molar-refractivity contribution >= 4 is 11.9 Å². The minimum Gasteiger partial charge on any atom is -0.481 e. The second kappa shape index (κ2) is 7.84. The normalized spacial score (nSPS) is 11.8. The first-order valence-corrected chi connectivity index (χ1v) is 5.54. The van der Waals surface area contributed by atoms with Crippen molar-refractivity contribution in [2.45, 2.75) is 20.8 Å². The number of carboxylic acids is 1. The third-order valence-corrected chi connectivity index (χ3v) is 2.20. The van der Waals surface area contributed by atoms with Gasteiger partial charge in [-0.05, 0) is 13.8 Å². The highest BCUT2D eigenvalue weighted by atomic mass is 16.5. The van der Waals surface area contributed by atoms with Crippen LogP contribution in [0.15, 0.2) is 11.6 Å². The van der Waals surface area contributed by atoms with Gasteiger partial charge < -0.3 is 14.7 Å². The van der Waals surface area contributed by atoms with Gasteiger partial charge in [0.15, 0.2) is 0 Å². The van der Waals surface area contributed by atoms with Gasteiger partial charge in [-0.3, -0.25) is 9.59 Å². The first-order valence-electron chi connectivity index (χ1n) is 5.54. The zero-order valence-electron chi connectivity index (χ0n) is 10.9. The van der Waals surface area contributed by atoms with Crippen LogP contribution >= 0.6 is 0 Å². The second-order valence-corrected chi connectivity index (χ2v) is 4.24. The number of ether oxygens (including phenoxy) is 1. The van der Waals surface area contributed by atoms with Crippen molar-refractivity contribution in [1.82, 2.24) is 4.90 Å². The number of hydrogen-bond acceptors (Lipinski definition) is 3. The third-order valence-electron chi connectivity index (χ3n) is 2.20. The molecule has 0 aromatic rings. The highest BCUT2D eigenvalue weighted by Gasteiger charge is 2.18. The van der Waals surface area contributed by atoms with E-state index in [1.807, 2.05) is 13.8 Å². The van der Waals surface area contributed by atoms with E-state index in [-0.39, 0.29) is 12.5 Å². The molecule has 0 aromatic carbocycles. The Labute approximate surface area is 102 Å². The molecule has 1 atom stereocenters. The molecule has 1 amide bonds. The van der Waals surface area contributed by atoms with Crippen LogP contribution in [0, 0.1) is 5.92 Å². The Morgan fingerprint density at radius 1 is 1.41 bits per heavy atom. The Kier molecular flexibility index (Phi) is 7.21. The molecule has 0 aliphatic heterocycles. The first kappa shape index (κ1) is 15.6. The number of aliphatic carboxylic acids is 1. The molecule has 0 heterocycles. The fraction of sp³-hybridized carbons (Fsp3) is 0.667. The van der Waals surface area contributed by atoms with E-state index in [4.69, 9.17) is 9.84 Å². The summed E-state index contributed by atoms with van der Waals surface area (Å²) >= 11 is 0. The number of carbonyl (C=O) groups excluding carboxylic acids is 1. The largest absolute Gasteiger partial charge is 0.481 e. The number of methoxy groups -OCH3 is 1. The lowest BCUT2D eigenvalue weighted by Gasteiger charge is -2.23. The number of rotatable bonds is 7. The minimum absolute atomic E-state index is 0.171. The maximum Gasteiger partial charge on any atom is 0.308 e. The van der Waals surface area contributed by atoms with E-state index in [9.17, 15) is 9.59 Å². The molecule has 5 heteroatoms. The zero-order chi connectivity index (χ0) is 13.4. The quantitative estimate of drug-likeness (QED) is 0.681. The van der Waals surface area contributed by atoms with Crippen LogP contribution in [0.5, 0.6) is 0 Å². The average molecular weight is 243 g/mol. The zero-order valence-corrected chi connectivity index (χ0v) is 10.9. The molecule has 0 fully saturated rings. The van der Waals surface area contributed by atoms with Crippen molar-refractivity contribution in [2.75, 3.05) is 26.8 Å². The van der Waals surface area contributed by atoms with E-state index in [0.29, 0.717) is 13.2 Å². The van der Waals surface area contributed by atoms with Gasteiger partial charge in [0, 0.05) is 26.3 Å². The lowest BCUT2D eigenvalue weighted by molar-refractivity contribution is -0.142. The average Bonchev–Trinajstić information content (AvgIpc) is 2.22. The Morgan fingerprint density at radius 2 is 2.00 bits per heavy atom. The van der Waals surface area contributed by atoms with E-state index in [2.05, 4.69) is 0 Å². The molecule has 0 aliphatic rings. The van der Waals surface area contributed by atoms with E-state index < -0.39 is 11.9 Å². The predicted molar refractivity (Wildman–Crippen MR) is 64.7 cm³/mol. The lowest BCUT2D eigenvalue weighted by atomic mass is 10.1. The topological polar surface area (TPSA) is 66.8 Å². The predicted octanol–water partition coefficient (Wildman–Crippen LogP) is 1.15. The molecule has 1 unspecified atom stereocenters. The summed E-state index contributed by atoms with van der Waals surface area (Å²) in [5.74, 6) is -1.66. The number of allylic oxidation sites excluding steroid dienone is 1. The monoisotopic (exact) mass is 243 g/mol. The van der Waals surface area contributed by atoms with Crippen LogP contribution in [0.2, 0.25) is 0 Å². The van der Waals surface area contributed by atoms with Crippen LogP contribution in [0.25, 0.3) is 0 Å². The molecule has 0 aromatic heterocycles. The summed E-state index contributed by atoms with van der Waals surface area (Å²) in [5.41, 5.74) is 0.889. The van der Waals surface area contributed by atoms with Crippen LogP contribution in [-0.2, 0) is 14.3 Å². The van der Waals surface area contributed by atoms with Crippen molar-refractivity contribution in [3.05, 3.63) is 11.6 Å². The SMILES string of the molecule is COCCN(CC(C)C(=O)O)C(=O)C=C(C)C. The summed E-state index contributed by atoms with van der Waals surface area (Å²) in [6.07, 6.45) is 1.50. The van der Waals surface area contributed by atoms with Gasteiger partial charge in [-0.1, -0.05) is 12.5 Å². The Morgan fingerprint density at radius 3 is 2.41 bits per heavy atom. The lowest BCUT2D eigenvalue weighted by Crippen LogP contribution is -2.38. The molecule has 0 saturated heterocycles. The number of carboxylic acid groups (broad SMARTS) is 1. The molecule has 0 saturated carbocycles. The molecule has 5 nitrogen and oxygen atoms in total. The standard InChI is InChI=1S/C12H21NO4/c1-9(2)7-11(14)13(5-6-17-4)8-10(3)12(15)16/h7,10H,5-6,8H2,1-4H3,(H,15,16). The van der Waals surface area contributed by atoms with Crippen molar-refractivity contribution in [1.29, 1.82) is 0 Å². The number of amides is 1. The van der Waals surface area contributed by atoms with Gasteiger partial charge in [0.25, 0.3) is 0 Å². The molecule has 1 N–H and O–H groups in total. The highest BCUT2D eigenvalue weighted by molar-refractivity contribution is 5.88. The number of nitrogens with zero attached hydrogens (tertiary/aromatic N) is 1. The van der Waals surface area contributed by atoms with Gasteiger partial charge in [-0.2, -0.15) is 0 Å². The molecule has 17 heavy (non-hydrogen) atoms. The molecule has 0 rings (SSSR count). The second-order valence-electron chi connectivity index (χ2n) is 4.24. The summed E-state index contributed by atoms with van der Waals surface area (Å²) in [6, 6.07) is 0. The van der Waals surface area contributed by atoms with E-state index in [0.717, 1.165) is 5.57 Å². The van der Waals surface area contributed by atoms with Gasteiger partial charge in [0.2, 0.25) is 5.91 Å². The van der Waals surface area contributed by atoms with Gasteiger partial charge in [0.1, 0.15) is 0 Å². The van der Waals surface area contributed by atoms with Gasteiger partial charge in [-0.15, -0.1) is 0 Å². The van der Waals surface area contributed by atoms with Crippen LogP contribution < -0.4 is 0 Å². The van der Waals surface area contributed by atoms with Crippen LogP contribution in [-0.4, -0.2) is 48.7 Å². The Hall–Kier alpha value is -1.36. The number of carbonyl (C=O) groups is 2. The van der Waals surface area contributed by atoms with Crippen molar-refractivity contribution in [3.63, 3.8) is 0 Å². The fourth-order valence-corrected chi connectivity index (χ4v) is 1.24. The summed E-state index contributed by atoms with van der Waals surface area (Å²) in [5, 5.41) is 8.84. The summed E-state index contributed by atoms with van der Waals surface area (Å²) in [7, 11) is 1.55. The maximum atomic E-state index is 11.8. The Balaban J connectivity index is 4.58. The number of hydrogen-bond donors (Lipinski definition) is 1. The van der Waals surface area contributed by atoms with E-state index in [1.54, 1.807) is 14.0 Å². The summed E-state index contributed by atoms with van der Waals surface area (Å²) in [6.45, 7) is 6.23. The summed E-state index contributed by atoms with van der Waals surface area (Å²) in [4.78, 5) is 24.1. The van der Waals surface area contributed by atoms with Crippen LogP contribution in [0.3, 0.4) is 0 Å². The van der Waals surface area contributed by atoms with Gasteiger partial charge in [-0.25, -0.2) is 0 Å². The first-order chi connectivity index (χ1) is 7.88. The molecule has 0 radical (unpaired) electrons. The molecule has 98 valence electrons. The Bertz CT molecular complexity index is 295.